The van der Waals surface area contributed by atoms with E-state index in [1.807, 2.05) is 0 Å². The summed E-state index contributed by atoms with van der Waals surface area (Å²) in [5, 5.41) is 23.2. The van der Waals surface area contributed by atoms with E-state index in [1.165, 1.54) is 161 Å². The second-order valence-corrected chi connectivity index (χ2v) is 18.2. The van der Waals surface area contributed by atoms with E-state index in [0.717, 1.165) is 83.5 Å². The smallest absolute Gasteiger partial charge is 0.305 e. The molecule has 0 bridgehead atoms. The summed E-state index contributed by atoms with van der Waals surface area (Å²) in [6, 6.07) is -0.581. The topological polar surface area (TPSA) is 95.9 Å². The molecule has 0 saturated heterocycles. The van der Waals surface area contributed by atoms with Gasteiger partial charge in [0.15, 0.2) is 0 Å². The van der Waals surface area contributed by atoms with Gasteiger partial charge < -0.3 is 20.3 Å². The molecule has 0 rings (SSSR count). The molecule has 358 valence electrons. The lowest BCUT2D eigenvalue weighted by molar-refractivity contribution is -0.143. The molecular weight excluding hydrogens is 755 g/mol. The molecule has 0 aromatic heterocycles. The summed E-state index contributed by atoms with van der Waals surface area (Å²) in [4.78, 5) is 24.5. The zero-order valence-corrected chi connectivity index (χ0v) is 40.6. The van der Waals surface area contributed by atoms with Crippen LogP contribution in [0.25, 0.3) is 0 Å². The van der Waals surface area contributed by atoms with Crippen LogP contribution < -0.4 is 5.32 Å². The van der Waals surface area contributed by atoms with E-state index in [4.69, 9.17) is 4.74 Å². The summed E-state index contributed by atoms with van der Waals surface area (Å²) in [6.07, 6.45) is 61.3. The highest BCUT2D eigenvalue weighted by molar-refractivity contribution is 5.76. The van der Waals surface area contributed by atoms with Crippen LogP contribution in [-0.2, 0) is 14.3 Å². The summed E-state index contributed by atoms with van der Waals surface area (Å²) < 4.78 is 5.42. The van der Waals surface area contributed by atoms with Gasteiger partial charge >= 0.3 is 5.97 Å². The van der Waals surface area contributed by atoms with Gasteiger partial charge in [0.2, 0.25) is 5.91 Å². The Kier molecular flexibility index (Phi) is 49.1. The fourth-order valence-electron chi connectivity index (χ4n) is 8.03. The molecule has 0 aliphatic heterocycles. The van der Waals surface area contributed by atoms with Crippen LogP contribution in [0.2, 0.25) is 0 Å². The Morgan fingerprint density at radius 1 is 0.459 bits per heavy atom. The Labute approximate surface area is 379 Å². The Morgan fingerprint density at radius 3 is 1.36 bits per heavy atom. The third-order valence-corrected chi connectivity index (χ3v) is 12.1. The van der Waals surface area contributed by atoms with Crippen molar-refractivity contribution in [1.82, 2.24) is 5.32 Å². The van der Waals surface area contributed by atoms with Gasteiger partial charge in [-0.3, -0.25) is 9.59 Å². The van der Waals surface area contributed by atoms with Crippen molar-refractivity contribution in [3.63, 3.8) is 0 Å². The first kappa shape index (κ1) is 59.1. The fourth-order valence-corrected chi connectivity index (χ4v) is 8.03. The van der Waals surface area contributed by atoms with Crippen LogP contribution in [-0.4, -0.2) is 47.4 Å². The Hall–Kier alpha value is -1.92. The Bertz CT molecular complexity index is 993. The van der Waals surface area contributed by atoms with Gasteiger partial charge in [0.1, 0.15) is 0 Å². The Balaban J connectivity index is 3.54. The number of hydrogen-bond acceptors (Lipinski definition) is 5. The van der Waals surface area contributed by atoms with Crippen molar-refractivity contribution in [2.75, 3.05) is 13.2 Å². The number of rotatable bonds is 49. The number of carbonyl (C=O) groups excluding carboxylic acids is 2. The van der Waals surface area contributed by atoms with Crippen LogP contribution in [0.15, 0.2) is 36.5 Å². The van der Waals surface area contributed by atoms with Gasteiger partial charge in [-0.1, -0.05) is 230 Å². The fraction of sp³-hybridized carbons (Fsp3) is 0.855. The average molecular weight is 858 g/mol. The van der Waals surface area contributed by atoms with Crippen LogP contribution in [0, 0.1) is 0 Å². The monoisotopic (exact) mass is 858 g/mol. The van der Waals surface area contributed by atoms with Crippen molar-refractivity contribution in [2.45, 2.75) is 289 Å². The van der Waals surface area contributed by atoms with Gasteiger partial charge in [0.25, 0.3) is 0 Å². The minimum Gasteiger partial charge on any atom is -0.466 e. The predicted molar refractivity (Wildman–Crippen MR) is 264 cm³/mol. The summed E-state index contributed by atoms with van der Waals surface area (Å²) in [5.74, 6) is -0.146. The first-order chi connectivity index (χ1) is 30.0. The molecule has 3 N–H and O–H groups in total. The van der Waals surface area contributed by atoms with Crippen LogP contribution in [0.5, 0.6) is 0 Å². The normalized spacial score (nSPS) is 12.9. The minimum atomic E-state index is -0.697. The SMILES string of the molecule is CCC/C=C\C/C=C\CCCCCCCC(=O)OCCCCCC/C=C\CCCC(=O)NC(CO)C(O)CCCCCCCCCCCCCCCCCCCCCCCC. The molecule has 61 heavy (non-hydrogen) atoms. The number of ether oxygens (including phenoxy) is 1. The van der Waals surface area contributed by atoms with Gasteiger partial charge in [0.05, 0.1) is 25.4 Å². The van der Waals surface area contributed by atoms with E-state index in [0.29, 0.717) is 25.9 Å². The lowest BCUT2D eigenvalue weighted by Crippen LogP contribution is -2.45. The molecular formula is C55H103NO5. The van der Waals surface area contributed by atoms with Crippen LogP contribution in [0.4, 0.5) is 0 Å². The number of nitrogens with one attached hydrogen (secondary N) is 1. The summed E-state index contributed by atoms with van der Waals surface area (Å²) in [5.41, 5.74) is 0. The van der Waals surface area contributed by atoms with E-state index in [2.05, 4.69) is 55.6 Å². The van der Waals surface area contributed by atoms with E-state index in [-0.39, 0.29) is 18.5 Å². The van der Waals surface area contributed by atoms with Crippen LogP contribution >= 0.6 is 0 Å². The lowest BCUT2D eigenvalue weighted by Gasteiger charge is -2.22. The van der Waals surface area contributed by atoms with Crippen LogP contribution in [0.1, 0.15) is 277 Å². The highest BCUT2D eigenvalue weighted by Gasteiger charge is 2.20. The molecule has 1 amide bonds. The van der Waals surface area contributed by atoms with Crippen molar-refractivity contribution in [1.29, 1.82) is 0 Å². The van der Waals surface area contributed by atoms with Crippen molar-refractivity contribution in [3.05, 3.63) is 36.5 Å². The van der Waals surface area contributed by atoms with Gasteiger partial charge in [-0.2, -0.15) is 0 Å². The molecule has 0 aromatic carbocycles. The maximum atomic E-state index is 12.5. The summed E-state index contributed by atoms with van der Waals surface area (Å²) in [7, 11) is 0. The largest absolute Gasteiger partial charge is 0.466 e. The van der Waals surface area contributed by atoms with E-state index < -0.39 is 12.1 Å². The number of aliphatic hydroxyl groups is 2. The highest BCUT2D eigenvalue weighted by atomic mass is 16.5. The summed E-state index contributed by atoms with van der Waals surface area (Å²) >= 11 is 0. The number of hydrogen-bond donors (Lipinski definition) is 3. The highest BCUT2D eigenvalue weighted by Crippen LogP contribution is 2.17. The van der Waals surface area contributed by atoms with Gasteiger partial charge in [-0.15, -0.1) is 0 Å². The summed E-state index contributed by atoms with van der Waals surface area (Å²) in [6.45, 7) is 4.80. The molecule has 0 saturated carbocycles. The quantitative estimate of drug-likeness (QED) is 0.0322. The van der Waals surface area contributed by atoms with Gasteiger partial charge in [-0.25, -0.2) is 0 Å². The first-order valence-electron chi connectivity index (χ1n) is 26.7. The zero-order valence-electron chi connectivity index (χ0n) is 40.6. The third kappa shape index (κ3) is 47.4. The number of aliphatic hydroxyl groups excluding tert-OH is 2. The molecule has 6 nitrogen and oxygen atoms in total. The van der Waals surface area contributed by atoms with E-state index in [9.17, 15) is 19.8 Å². The van der Waals surface area contributed by atoms with Crippen molar-refractivity contribution < 1.29 is 24.5 Å². The van der Waals surface area contributed by atoms with Gasteiger partial charge in [-0.05, 0) is 70.6 Å². The molecule has 2 atom stereocenters. The number of amides is 1. The molecule has 0 aliphatic carbocycles. The molecule has 0 fully saturated rings. The molecule has 0 aromatic rings. The number of unbranched alkanes of at least 4 members (excludes halogenated alkanes) is 32. The van der Waals surface area contributed by atoms with Crippen molar-refractivity contribution >= 4 is 11.9 Å². The molecule has 0 heterocycles. The lowest BCUT2D eigenvalue weighted by atomic mass is 10.0. The second kappa shape index (κ2) is 50.7. The second-order valence-electron chi connectivity index (χ2n) is 18.2. The van der Waals surface area contributed by atoms with Crippen molar-refractivity contribution in [2.24, 2.45) is 0 Å². The molecule has 0 aliphatic rings. The maximum Gasteiger partial charge on any atom is 0.305 e. The Morgan fingerprint density at radius 2 is 0.869 bits per heavy atom. The minimum absolute atomic E-state index is 0.0508. The van der Waals surface area contributed by atoms with E-state index in [1.54, 1.807) is 0 Å². The molecule has 0 spiro atoms. The number of carbonyl (C=O) groups is 2. The standard InChI is InChI=1S/C55H103NO5/c1-3-5-7-9-11-13-15-17-18-19-20-21-22-23-24-25-27-28-31-35-39-43-47-53(58)52(51-57)56-54(59)48-44-40-36-32-30-34-38-42-46-50-61-55(60)49-45-41-37-33-29-26-16-14-12-10-8-6-4-2/h8,10,14,16,32,36,52-53,57-58H,3-7,9,11-13,15,17-31,33-35,37-51H2,1-2H3,(H,56,59)/b10-8-,16-14-,36-32-. The number of allylic oxidation sites excluding steroid dienone is 6. The van der Waals surface area contributed by atoms with Crippen molar-refractivity contribution in [3.8, 4) is 0 Å². The maximum absolute atomic E-state index is 12.5. The zero-order chi connectivity index (χ0) is 44.4. The predicted octanol–water partition coefficient (Wildman–Crippen LogP) is 16.1. The molecule has 6 heteroatoms. The first-order valence-corrected chi connectivity index (χ1v) is 26.7. The molecule has 0 radical (unpaired) electrons. The third-order valence-electron chi connectivity index (χ3n) is 12.1. The number of esters is 1. The van der Waals surface area contributed by atoms with Gasteiger partial charge in [0, 0.05) is 12.8 Å². The molecule has 2 unspecified atom stereocenters. The van der Waals surface area contributed by atoms with E-state index >= 15 is 0 Å². The van der Waals surface area contributed by atoms with Crippen LogP contribution in [0.3, 0.4) is 0 Å². The average Bonchev–Trinajstić information content (AvgIpc) is 3.26.